The van der Waals surface area contributed by atoms with E-state index >= 15 is 0 Å². The minimum absolute atomic E-state index is 0.406. The van der Waals surface area contributed by atoms with Crippen LogP contribution in [0.5, 0.6) is 0 Å². The highest BCUT2D eigenvalue weighted by molar-refractivity contribution is 4.88. The largest absolute Gasteiger partial charge is 0.396 e. The molecule has 1 saturated carbocycles. The molecule has 0 aromatic rings. The van der Waals surface area contributed by atoms with Crippen molar-refractivity contribution in [2.75, 3.05) is 19.7 Å². The van der Waals surface area contributed by atoms with Crippen molar-refractivity contribution in [3.05, 3.63) is 0 Å². The fourth-order valence-corrected chi connectivity index (χ4v) is 2.72. The number of piperidine rings is 1. The predicted octanol–water partition coefficient (Wildman–Crippen LogP) is 0.614. The van der Waals surface area contributed by atoms with Gasteiger partial charge in [-0.25, -0.2) is 0 Å². The Hall–Kier alpha value is -0.0800. The SMILES string of the molecule is OC[C@H]1CC[C@H]2CCNC[C@H]21. The highest BCUT2D eigenvalue weighted by Gasteiger charge is 2.36. The molecular formula is C9H17NO. The van der Waals surface area contributed by atoms with Gasteiger partial charge in [0.05, 0.1) is 0 Å². The Balaban J connectivity index is 1.98. The number of hydrogen-bond donors (Lipinski definition) is 2. The van der Waals surface area contributed by atoms with Gasteiger partial charge in [0.1, 0.15) is 0 Å². The van der Waals surface area contributed by atoms with E-state index in [0.717, 1.165) is 18.4 Å². The lowest BCUT2D eigenvalue weighted by atomic mass is 9.85. The standard InChI is InChI=1S/C9H17NO/c11-6-8-2-1-7-3-4-10-5-9(7)8/h7-11H,1-6H2/t7-,8+,9+/m0/s1. The van der Waals surface area contributed by atoms with E-state index in [1.165, 1.54) is 25.8 Å². The maximum Gasteiger partial charge on any atom is 0.0462 e. The lowest BCUT2D eigenvalue weighted by Gasteiger charge is -2.29. The molecule has 2 fully saturated rings. The first kappa shape index (κ1) is 7.56. The highest BCUT2D eigenvalue weighted by atomic mass is 16.3. The lowest BCUT2D eigenvalue weighted by molar-refractivity contribution is 0.161. The maximum absolute atomic E-state index is 9.08. The molecule has 2 rings (SSSR count). The molecule has 0 amide bonds. The predicted molar refractivity (Wildman–Crippen MR) is 44.3 cm³/mol. The summed E-state index contributed by atoms with van der Waals surface area (Å²) in [5.74, 6) is 2.31. The van der Waals surface area contributed by atoms with E-state index in [0.29, 0.717) is 12.5 Å². The zero-order chi connectivity index (χ0) is 7.68. The third-order valence-corrected chi connectivity index (χ3v) is 3.43. The Morgan fingerprint density at radius 3 is 3.00 bits per heavy atom. The summed E-state index contributed by atoms with van der Waals surface area (Å²) >= 11 is 0. The summed E-state index contributed by atoms with van der Waals surface area (Å²) in [6.45, 7) is 2.75. The van der Waals surface area contributed by atoms with Gasteiger partial charge in [-0.05, 0) is 50.1 Å². The van der Waals surface area contributed by atoms with Gasteiger partial charge in [0.2, 0.25) is 0 Å². The molecule has 0 aromatic heterocycles. The van der Waals surface area contributed by atoms with Gasteiger partial charge < -0.3 is 10.4 Å². The first-order valence-corrected chi connectivity index (χ1v) is 4.73. The average molecular weight is 155 g/mol. The van der Waals surface area contributed by atoms with Crippen LogP contribution in [-0.4, -0.2) is 24.8 Å². The Labute approximate surface area is 68.0 Å². The van der Waals surface area contributed by atoms with Crippen LogP contribution >= 0.6 is 0 Å². The molecule has 1 saturated heterocycles. The highest BCUT2D eigenvalue weighted by Crippen LogP contribution is 2.39. The van der Waals surface area contributed by atoms with Crippen molar-refractivity contribution >= 4 is 0 Å². The van der Waals surface area contributed by atoms with E-state index in [4.69, 9.17) is 5.11 Å². The molecule has 2 heteroatoms. The van der Waals surface area contributed by atoms with Crippen LogP contribution in [0.25, 0.3) is 0 Å². The topological polar surface area (TPSA) is 32.3 Å². The summed E-state index contributed by atoms with van der Waals surface area (Å²) in [5.41, 5.74) is 0. The quantitative estimate of drug-likeness (QED) is 0.581. The molecule has 0 bridgehead atoms. The first-order valence-electron chi connectivity index (χ1n) is 4.73. The van der Waals surface area contributed by atoms with Crippen molar-refractivity contribution in [3.63, 3.8) is 0 Å². The van der Waals surface area contributed by atoms with Gasteiger partial charge in [0.15, 0.2) is 0 Å². The summed E-state index contributed by atoms with van der Waals surface area (Å²) in [4.78, 5) is 0. The molecule has 0 unspecified atom stereocenters. The average Bonchev–Trinajstić information content (AvgIpc) is 2.47. The minimum Gasteiger partial charge on any atom is -0.396 e. The van der Waals surface area contributed by atoms with Gasteiger partial charge >= 0.3 is 0 Å². The second-order valence-electron chi connectivity index (χ2n) is 3.94. The molecule has 3 atom stereocenters. The van der Waals surface area contributed by atoms with Crippen molar-refractivity contribution in [2.45, 2.75) is 19.3 Å². The zero-order valence-electron chi connectivity index (χ0n) is 6.92. The van der Waals surface area contributed by atoms with Gasteiger partial charge in [-0.2, -0.15) is 0 Å². The number of rotatable bonds is 1. The number of nitrogens with one attached hydrogen (secondary N) is 1. The number of hydrogen-bond acceptors (Lipinski definition) is 2. The Morgan fingerprint density at radius 1 is 1.27 bits per heavy atom. The van der Waals surface area contributed by atoms with Crippen LogP contribution in [0, 0.1) is 17.8 Å². The minimum atomic E-state index is 0.406. The molecule has 2 nitrogen and oxygen atoms in total. The molecule has 11 heavy (non-hydrogen) atoms. The van der Waals surface area contributed by atoms with E-state index in [1.807, 2.05) is 0 Å². The van der Waals surface area contributed by atoms with Crippen molar-refractivity contribution in [2.24, 2.45) is 17.8 Å². The van der Waals surface area contributed by atoms with Gasteiger partial charge in [-0.3, -0.25) is 0 Å². The van der Waals surface area contributed by atoms with E-state index in [1.54, 1.807) is 0 Å². The van der Waals surface area contributed by atoms with Gasteiger partial charge in [-0.1, -0.05) is 0 Å². The fourth-order valence-electron chi connectivity index (χ4n) is 2.72. The first-order chi connectivity index (χ1) is 5.42. The second-order valence-corrected chi connectivity index (χ2v) is 3.94. The molecule has 1 heterocycles. The zero-order valence-corrected chi connectivity index (χ0v) is 6.92. The van der Waals surface area contributed by atoms with E-state index in [-0.39, 0.29) is 0 Å². The van der Waals surface area contributed by atoms with Crippen molar-refractivity contribution < 1.29 is 5.11 Å². The number of fused-ring (bicyclic) bond motifs is 1. The molecule has 2 aliphatic rings. The van der Waals surface area contributed by atoms with Gasteiger partial charge in [0.25, 0.3) is 0 Å². The second kappa shape index (κ2) is 3.11. The summed E-state index contributed by atoms with van der Waals surface area (Å²) in [5, 5.41) is 12.5. The van der Waals surface area contributed by atoms with Crippen molar-refractivity contribution in [1.82, 2.24) is 5.32 Å². The maximum atomic E-state index is 9.08. The number of aliphatic hydroxyl groups is 1. The summed E-state index contributed by atoms with van der Waals surface area (Å²) in [7, 11) is 0. The smallest absolute Gasteiger partial charge is 0.0462 e. The molecule has 64 valence electrons. The van der Waals surface area contributed by atoms with E-state index in [2.05, 4.69) is 5.32 Å². The fraction of sp³-hybridized carbons (Fsp3) is 1.00. The van der Waals surface area contributed by atoms with Crippen LogP contribution in [0.2, 0.25) is 0 Å². The monoisotopic (exact) mass is 155 g/mol. The molecule has 1 aliphatic heterocycles. The Bertz CT molecular complexity index is 132. The van der Waals surface area contributed by atoms with Crippen LogP contribution in [0.15, 0.2) is 0 Å². The van der Waals surface area contributed by atoms with E-state index in [9.17, 15) is 0 Å². The Morgan fingerprint density at radius 2 is 2.18 bits per heavy atom. The molecule has 0 spiro atoms. The molecule has 0 radical (unpaired) electrons. The molecule has 2 N–H and O–H groups in total. The van der Waals surface area contributed by atoms with Crippen molar-refractivity contribution in [1.29, 1.82) is 0 Å². The summed E-state index contributed by atoms with van der Waals surface area (Å²) in [6.07, 6.45) is 3.95. The van der Waals surface area contributed by atoms with E-state index < -0.39 is 0 Å². The van der Waals surface area contributed by atoms with Gasteiger partial charge in [-0.15, -0.1) is 0 Å². The normalized spacial score (nSPS) is 43.9. The number of aliphatic hydroxyl groups excluding tert-OH is 1. The molecule has 1 aliphatic carbocycles. The van der Waals surface area contributed by atoms with Crippen LogP contribution in [0.4, 0.5) is 0 Å². The van der Waals surface area contributed by atoms with Gasteiger partial charge in [0, 0.05) is 6.61 Å². The van der Waals surface area contributed by atoms with Crippen LogP contribution in [0.1, 0.15) is 19.3 Å². The summed E-state index contributed by atoms with van der Waals surface area (Å²) in [6, 6.07) is 0. The summed E-state index contributed by atoms with van der Waals surface area (Å²) < 4.78 is 0. The van der Waals surface area contributed by atoms with Crippen LogP contribution in [-0.2, 0) is 0 Å². The lowest BCUT2D eigenvalue weighted by Crippen LogP contribution is -2.37. The molecule has 0 aromatic carbocycles. The molecular weight excluding hydrogens is 138 g/mol. The van der Waals surface area contributed by atoms with Crippen molar-refractivity contribution in [3.8, 4) is 0 Å². The third-order valence-electron chi connectivity index (χ3n) is 3.43. The Kier molecular flexibility index (Phi) is 2.14. The third kappa shape index (κ3) is 1.30. The van der Waals surface area contributed by atoms with Crippen LogP contribution < -0.4 is 5.32 Å². The van der Waals surface area contributed by atoms with Crippen LogP contribution in [0.3, 0.4) is 0 Å².